The van der Waals surface area contributed by atoms with Crippen LogP contribution in [0.5, 0.6) is 0 Å². The highest BCUT2D eigenvalue weighted by atomic mass is 16.2. The Morgan fingerprint density at radius 1 is 1.31 bits per heavy atom. The van der Waals surface area contributed by atoms with Crippen LogP contribution < -0.4 is 5.32 Å². The second kappa shape index (κ2) is 5.67. The van der Waals surface area contributed by atoms with E-state index in [1.54, 1.807) is 0 Å². The number of likely N-dealkylation sites (tertiary alicyclic amines) is 1. The van der Waals surface area contributed by atoms with Crippen molar-refractivity contribution in [1.82, 2.24) is 10.2 Å². The van der Waals surface area contributed by atoms with Gasteiger partial charge in [0.1, 0.15) is 0 Å². The maximum atomic E-state index is 12.1. The first kappa shape index (κ1) is 11.9. The maximum absolute atomic E-state index is 12.1. The zero-order valence-corrected chi connectivity index (χ0v) is 10.4. The van der Waals surface area contributed by atoms with Crippen molar-refractivity contribution < 1.29 is 4.79 Å². The van der Waals surface area contributed by atoms with Crippen molar-refractivity contribution in [2.75, 3.05) is 19.6 Å². The monoisotopic (exact) mass is 224 g/mol. The fraction of sp³-hybridized carbons (Fsp3) is 0.923. The normalized spacial score (nSPS) is 29.2. The summed E-state index contributed by atoms with van der Waals surface area (Å²) >= 11 is 0. The van der Waals surface area contributed by atoms with Crippen LogP contribution in [0.3, 0.4) is 0 Å². The van der Waals surface area contributed by atoms with Gasteiger partial charge in [0, 0.05) is 12.6 Å². The number of hydrogen-bond acceptors (Lipinski definition) is 2. The second-order valence-corrected chi connectivity index (χ2v) is 5.16. The highest BCUT2D eigenvalue weighted by molar-refractivity contribution is 5.78. The Morgan fingerprint density at radius 2 is 2.12 bits per heavy atom. The van der Waals surface area contributed by atoms with Crippen molar-refractivity contribution in [3.05, 3.63) is 0 Å². The zero-order chi connectivity index (χ0) is 11.4. The summed E-state index contributed by atoms with van der Waals surface area (Å²) in [4.78, 5) is 14.2. The fourth-order valence-corrected chi connectivity index (χ4v) is 3.24. The summed E-state index contributed by atoms with van der Waals surface area (Å²) < 4.78 is 0. The lowest BCUT2D eigenvalue weighted by molar-refractivity contribution is -0.134. The molecule has 0 aromatic carbocycles. The van der Waals surface area contributed by atoms with Crippen molar-refractivity contribution in [2.24, 2.45) is 5.92 Å². The van der Waals surface area contributed by atoms with Gasteiger partial charge in [-0.3, -0.25) is 4.79 Å². The minimum atomic E-state index is 0.324. The van der Waals surface area contributed by atoms with E-state index in [0.29, 0.717) is 18.5 Å². The summed E-state index contributed by atoms with van der Waals surface area (Å²) in [5.41, 5.74) is 0. The molecule has 16 heavy (non-hydrogen) atoms. The number of nitrogens with one attached hydrogen (secondary N) is 1. The third-order valence-electron chi connectivity index (χ3n) is 4.02. The number of hydrogen-bond donors (Lipinski definition) is 1. The predicted octanol–water partition coefficient (Wildman–Crippen LogP) is 1.78. The fourth-order valence-electron chi connectivity index (χ4n) is 3.24. The molecule has 0 spiro atoms. The molecular weight excluding hydrogens is 200 g/mol. The smallest absolute Gasteiger partial charge is 0.236 e. The summed E-state index contributed by atoms with van der Waals surface area (Å²) in [6.07, 6.45) is 7.55. The van der Waals surface area contributed by atoms with Crippen molar-refractivity contribution in [1.29, 1.82) is 0 Å². The molecule has 1 N–H and O–H groups in total. The van der Waals surface area contributed by atoms with Gasteiger partial charge < -0.3 is 10.2 Å². The third kappa shape index (κ3) is 2.57. The molecule has 3 heteroatoms. The van der Waals surface area contributed by atoms with Crippen LogP contribution in [-0.4, -0.2) is 36.5 Å². The summed E-state index contributed by atoms with van der Waals surface area (Å²) in [5.74, 6) is 1.13. The van der Waals surface area contributed by atoms with E-state index in [0.717, 1.165) is 25.4 Å². The van der Waals surface area contributed by atoms with Crippen molar-refractivity contribution in [3.63, 3.8) is 0 Å². The Hall–Kier alpha value is -0.570. The highest BCUT2D eigenvalue weighted by Crippen LogP contribution is 2.36. The van der Waals surface area contributed by atoms with Crippen molar-refractivity contribution in [3.8, 4) is 0 Å². The van der Waals surface area contributed by atoms with E-state index in [1.165, 1.54) is 32.1 Å². The molecule has 3 nitrogen and oxygen atoms in total. The molecule has 0 aromatic rings. The SMILES string of the molecule is CCCNCC(=O)N1CCCC2CCCC21. The van der Waals surface area contributed by atoms with Gasteiger partial charge >= 0.3 is 0 Å². The number of carbonyl (C=O) groups excluding carboxylic acids is 1. The standard InChI is InChI=1S/C13H24N2O/c1-2-8-14-10-13(16)15-9-4-6-11-5-3-7-12(11)15/h11-12,14H,2-10H2,1H3. The molecule has 2 fully saturated rings. The molecule has 2 unspecified atom stereocenters. The molecule has 0 bridgehead atoms. The molecule has 2 aliphatic rings. The number of rotatable bonds is 4. The lowest BCUT2D eigenvalue weighted by Gasteiger charge is -2.37. The Balaban J connectivity index is 1.84. The molecular formula is C13H24N2O. The van der Waals surface area contributed by atoms with Crippen molar-refractivity contribution >= 4 is 5.91 Å². The van der Waals surface area contributed by atoms with Crippen LogP contribution in [-0.2, 0) is 4.79 Å². The molecule has 1 saturated carbocycles. The molecule has 92 valence electrons. The van der Waals surface area contributed by atoms with Gasteiger partial charge in [-0.15, -0.1) is 0 Å². The molecule has 1 amide bonds. The predicted molar refractivity (Wildman–Crippen MR) is 65.2 cm³/mol. The number of fused-ring (bicyclic) bond motifs is 1. The molecule has 2 rings (SSSR count). The summed E-state index contributed by atoms with van der Waals surface area (Å²) in [6.45, 7) is 4.61. The maximum Gasteiger partial charge on any atom is 0.236 e. The molecule has 1 saturated heterocycles. The summed E-state index contributed by atoms with van der Waals surface area (Å²) in [7, 11) is 0. The lowest BCUT2D eigenvalue weighted by atomic mass is 9.92. The van der Waals surface area contributed by atoms with Crippen LogP contribution in [0.25, 0.3) is 0 Å². The number of piperidine rings is 1. The molecule has 1 heterocycles. The number of nitrogens with zero attached hydrogens (tertiary/aromatic N) is 1. The largest absolute Gasteiger partial charge is 0.338 e. The lowest BCUT2D eigenvalue weighted by Crippen LogP contribution is -2.49. The molecule has 0 aromatic heterocycles. The van der Waals surface area contributed by atoms with Crippen LogP contribution in [0.15, 0.2) is 0 Å². The minimum absolute atomic E-state index is 0.324. The first-order chi connectivity index (χ1) is 7.83. The van der Waals surface area contributed by atoms with Crippen molar-refractivity contribution in [2.45, 2.75) is 51.5 Å². The summed E-state index contributed by atoms with van der Waals surface area (Å²) in [5, 5.41) is 3.22. The van der Waals surface area contributed by atoms with E-state index < -0.39 is 0 Å². The quantitative estimate of drug-likeness (QED) is 0.738. The van der Waals surface area contributed by atoms with Crippen LogP contribution in [0.4, 0.5) is 0 Å². The van der Waals surface area contributed by atoms with Gasteiger partial charge in [-0.2, -0.15) is 0 Å². The zero-order valence-electron chi connectivity index (χ0n) is 10.4. The molecule has 1 aliphatic carbocycles. The van der Waals surface area contributed by atoms with Crippen LogP contribution in [0.2, 0.25) is 0 Å². The molecule has 1 aliphatic heterocycles. The third-order valence-corrected chi connectivity index (χ3v) is 4.02. The Bertz CT molecular complexity index is 242. The van der Waals surface area contributed by atoms with E-state index in [2.05, 4.69) is 17.1 Å². The van der Waals surface area contributed by atoms with E-state index in [-0.39, 0.29) is 0 Å². The average molecular weight is 224 g/mol. The highest BCUT2D eigenvalue weighted by Gasteiger charge is 2.36. The number of carbonyl (C=O) groups is 1. The van der Waals surface area contributed by atoms with Gasteiger partial charge in [-0.05, 0) is 44.6 Å². The summed E-state index contributed by atoms with van der Waals surface area (Å²) in [6, 6.07) is 0.574. The topological polar surface area (TPSA) is 32.3 Å². The van der Waals surface area contributed by atoms with Gasteiger partial charge in [0.25, 0.3) is 0 Å². The first-order valence-electron chi connectivity index (χ1n) is 6.83. The first-order valence-corrected chi connectivity index (χ1v) is 6.83. The number of amides is 1. The Labute approximate surface area is 98.6 Å². The van der Waals surface area contributed by atoms with E-state index in [9.17, 15) is 4.79 Å². The van der Waals surface area contributed by atoms with Gasteiger partial charge in [0.05, 0.1) is 6.54 Å². The average Bonchev–Trinajstić information content (AvgIpc) is 2.76. The van der Waals surface area contributed by atoms with E-state index in [1.807, 2.05) is 0 Å². The van der Waals surface area contributed by atoms with Gasteiger partial charge in [0.2, 0.25) is 5.91 Å². The van der Waals surface area contributed by atoms with Gasteiger partial charge in [-0.25, -0.2) is 0 Å². The van der Waals surface area contributed by atoms with Crippen LogP contribution in [0, 0.1) is 5.92 Å². The van der Waals surface area contributed by atoms with Crippen LogP contribution >= 0.6 is 0 Å². The second-order valence-electron chi connectivity index (χ2n) is 5.16. The molecule has 0 radical (unpaired) electrons. The van der Waals surface area contributed by atoms with E-state index in [4.69, 9.17) is 0 Å². The van der Waals surface area contributed by atoms with Gasteiger partial charge in [0.15, 0.2) is 0 Å². The Kier molecular flexibility index (Phi) is 4.22. The van der Waals surface area contributed by atoms with Gasteiger partial charge in [-0.1, -0.05) is 13.3 Å². The minimum Gasteiger partial charge on any atom is -0.338 e. The molecule has 2 atom stereocenters. The van der Waals surface area contributed by atoms with Crippen LogP contribution in [0.1, 0.15) is 45.4 Å². The van der Waals surface area contributed by atoms with E-state index >= 15 is 0 Å². The Morgan fingerprint density at radius 3 is 2.94 bits per heavy atom.